The Morgan fingerprint density at radius 2 is 2.10 bits per heavy atom. The zero-order valence-corrected chi connectivity index (χ0v) is 14.0. The predicted molar refractivity (Wildman–Crippen MR) is 91.8 cm³/mol. The third kappa shape index (κ3) is 6.60. The number of guanidine groups is 1. The Morgan fingerprint density at radius 1 is 1.40 bits per heavy atom. The number of ether oxygens (including phenoxy) is 1. The minimum Gasteiger partial charge on any atom is -0.495 e. The van der Waals surface area contributed by atoms with Crippen LogP contribution >= 0.6 is 24.0 Å². The van der Waals surface area contributed by atoms with Crippen molar-refractivity contribution in [2.75, 3.05) is 25.5 Å². The number of amides is 1. The van der Waals surface area contributed by atoms with Crippen LogP contribution in [0.3, 0.4) is 0 Å². The van der Waals surface area contributed by atoms with Crippen LogP contribution < -0.4 is 21.1 Å². The summed E-state index contributed by atoms with van der Waals surface area (Å²) in [6.07, 6.45) is 0.893. The van der Waals surface area contributed by atoms with Crippen molar-refractivity contribution in [2.45, 2.75) is 13.3 Å². The van der Waals surface area contributed by atoms with Crippen LogP contribution in [-0.2, 0) is 4.79 Å². The number of benzene rings is 1. The van der Waals surface area contributed by atoms with Crippen molar-refractivity contribution in [3.8, 4) is 5.75 Å². The number of nitrogens with zero attached hydrogens (tertiary/aromatic N) is 1. The number of anilines is 1. The molecule has 0 aliphatic heterocycles. The largest absolute Gasteiger partial charge is 0.495 e. The standard InChI is InChI=1S/C13H20N4O2.HI/c1-3-8-15-12(18)9-16-13(14)17-10-6-4-5-7-11(10)19-2;/h4-7H,3,8-9H2,1-2H3,(H,15,18)(H3,14,16,17);1H. The summed E-state index contributed by atoms with van der Waals surface area (Å²) in [7, 11) is 1.58. The molecule has 0 aliphatic carbocycles. The van der Waals surface area contributed by atoms with Gasteiger partial charge in [-0.05, 0) is 18.6 Å². The molecule has 0 aliphatic rings. The molecule has 1 aromatic rings. The third-order valence-corrected chi connectivity index (χ3v) is 2.33. The molecule has 0 unspecified atom stereocenters. The van der Waals surface area contributed by atoms with Gasteiger partial charge in [0, 0.05) is 6.54 Å². The number of aliphatic imine (C=N–C) groups is 1. The van der Waals surface area contributed by atoms with Crippen LogP contribution in [0.15, 0.2) is 29.3 Å². The first kappa shape index (κ1) is 18.5. The van der Waals surface area contributed by atoms with E-state index in [4.69, 9.17) is 10.5 Å². The van der Waals surface area contributed by atoms with Gasteiger partial charge in [-0.2, -0.15) is 0 Å². The number of rotatable bonds is 6. The van der Waals surface area contributed by atoms with E-state index in [0.717, 1.165) is 6.42 Å². The van der Waals surface area contributed by atoms with E-state index < -0.39 is 0 Å². The van der Waals surface area contributed by atoms with Crippen LogP contribution in [0.5, 0.6) is 5.75 Å². The molecule has 0 atom stereocenters. The quantitative estimate of drug-likeness (QED) is 0.390. The molecule has 6 nitrogen and oxygen atoms in total. The van der Waals surface area contributed by atoms with E-state index in [2.05, 4.69) is 15.6 Å². The Bertz CT molecular complexity index is 452. The van der Waals surface area contributed by atoms with Crippen molar-refractivity contribution < 1.29 is 9.53 Å². The highest BCUT2D eigenvalue weighted by atomic mass is 127. The molecule has 0 fully saturated rings. The molecule has 0 spiro atoms. The first-order valence-electron chi connectivity index (χ1n) is 6.14. The molecule has 112 valence electrons. The third-order valence-electron chi connectivity index (χ3n) is 2.33. The van der Waals surface area contributed by atoms with Crippen molar-refractivity contribution in [3.05, 3.63) is 24.3 Å². The smallest absolute Gasteiger partial charge is 0.241 e. The average Bonchev–Trinajstić information content (AvgIpc) is 2.43. The first-order valence-corrected chi connectivity index (χ1v) is 6.14. The van der Waals surface area contributed by atoms with Gasteiger partial charge in [0.2, 0.25) is 5.91 Å². The van der Waals surface area contributed by atoms with Crippen LogP contribution in [0.4, 0.5) is 5.69 Å². The van der Waals surface area contributed by atoms with Crippen LogP contribution in [0, 0.1) is 0 Å². The van der Waals surface area contributed by atoms with Crippen molar-refractivity contribution in [2.24, 2.45) is 10.7 Å². The molecule has 1 amide bonds. The summed E-state index contributed by atoms with van der Waals surface area (Å²) in [5, 5.41) is 5.62. The van der Waals surface area contributed by atoms with Gasteiger partial charge in [-0.15, -0.1) is 24.0 Å². The normalized spacial score (nSPS) is 10.4. The molecule has 20 heavy (non-hydrogen) atoms. The van der Waals surface area contributed by atoms with E-state index in [1.807, 2.05) is 31.2 Å². The van der Waals surface area contributed by atoms with Crippen LogP contribution in [0.25, 0.3) is 0 Å². The average molecular weight is 392 g/mol. The fourth-order valence-electron chi connectivity index (χ4n) is 1.40. The lowest BCUT2D eigenvalue weighted by Crippen LogP contribution is -2.29. The number of hydrogen-bond acceptors (Lipinski definition) is 3. The molecule has 0 saturated carbocycles. The molecular weight excluding hydrogens is 371 g/mol. The number of carbonyl (C=O) groups excluding carboxylic acids is 1. The summed E-state index contributed by atoms with van der Waals surface area (Å²) in [6, 6.07) is 7.34. The summed E-state index contributed by atoms with van der Waals surface area (Å²) in [6.45, 7) is 2.64. The highest BCUT2D eigenvalue weighted by Crippen LogP contribution is 2.22. The highest BCUT2D eigenvalue weighted by Gasteiger charge is 2.03. The van der Waals surface area contributed by atoms with E-state index in [9.17, 15) is 4.79 Å². The Labute approximate surface area is 136 Å². The molecule has 7 heteroatoms. The number of methoxy groups -OCH3 is 1. The number of carbonyl (C=O) groups is 1. The van der Waals surface area contributed by atoms with Crippen molar-refractivity contribution in [1.82, 2.24) is 5.32 Å². The Kier molecular flexibility index (Phi) is 9.52. The van der Waals surface area contributed by atoms with Gasteiger partial charge in [0.05, 0.1) is 12.8 Å². The van der Waals surface area contributed by atoms with Gasteiger partial charge < -0.3 is 21.1 Å². The highest BCUT2D eigenvalue weighted by molar-refractivity contribution is 14.0. The fourth-order valence-corrected chi connectivity index (χ4v) is 1.40. The van der Waals surface area contributed by atoms with Crippen LogP contribution in [0.2, 0.25) is 0 Å². The van der Waals surface area contributed by atoms with Crippen molar-refractivity contribution in [3.63, 3.8) is 0 Å². The van der Waals surface area contributed by atoms with E-state index >= 15 is 0 Å². The monoisotopic (exact) mass is 392 g/mol. The molecule has 1 rings (SSSR count). The number of hydrogen-bond donors (Lipinski definition) is 3. The molecule has 0 heterocycles. The zero-order valence-electron chi connectivity index (χ0n) is 11.7. The summed E-state index contributed by atoms with van der Waals surface area (Å²) < 4.78 is 5.17. The maximum Gasteiger partial charge on any atom is 0.241 e. The maximum absolute atomic E-state index is 11.4. The Morgan fingerprint density at radius 3 is 2.75 bits per heavy atom. The van der Waals surface area contributed by atoms with Gasteiger partial charge in [-0.25, -0.2) is 4.99 Å². The van der Waals surface area contributed by atoms with Crippen LogP contribution in [-0.4, -0.2) is 32.1 Å². The van der Waals surface area contributed by atoms with E-state index in [1.54, 1.807) is 7.11 Å². The molecule has 0 bridgehead atoms. The number of nitrogens with two attached hydrogens (primary N) is 1. The second-order valence-electron chi connectivity index (χ2n) is 3.88. The SMILES string of the molecule is CCCNC(=O)CN=C(N)Nc1ccccc1OC.I. The summed E-state index contributed by atoms with van der Waals surface area (Å²) in [5.41, 5.74) is 6.42. The van der Waals surface area contributed by atoms with E-state index in [-0.39, 0.29) is 42.4 Å². The molecular formula is C13H21IN4O2. The number of halogens is 1. The maximum atomic E-state index is 11.4. The summed E-state index contributed by atoms with van der Waals surface area (Å²) in [4.78, 5) is 15.3. The van der Waals surface area contributed by atoms with Gasteiger partial charge >= 0.3 is 0 Å². The summed E-state index contributed by atoms with van der Waals surface area (Å²) >= 11 is 0. The lowest BCUT2D eigenvalue weighted by atomic mass is 10.3. The minimum absolute atomic E-state index is 0. The Hall–Kier alpha value is -1.51. The van der Waals surface area contributed by atoms with Crippen molar-refractivity contribution >= 4 is 41.5 Å². The van der Waals surface area contributed by atoms with Gasteiger partial charge in [0.1, 0.15) is 12.3 Å². The van der Waals surface area contributed by atoms with Gasteiger partial charge in [-0.1, -0.05) is 19.1 Å². The summed E-state index contributed by atoms with van der Waals surface area (Å²) in [5.74, 6) is 0.693. The molecule has 0 saturated heterocycles. The van der Waals surface area contributed by atoms with Gasteiger partial charge in [0.15, 0.2) is 5.96 Å². The van der Waals surface area contributed by atoms with E-state index in [1.165, 1.54) is 0 Å². The fraction of sp³-hybridized carbons (Fsp3) is 0.385. The Balaban J connectivity index is 0.00000361. The predicted octanol–water partition coefficient (Wildman–Crippen LogP) is 1.57. The zero-order chi connectivity index (χ0) is 14.1. The van der Waals surface area contributed by atoms with Gasteiger partial charge in [-0.3, -0.25) is 4.79 Å². The molecule has 0 aromatic heterocycles. The lowest BCUT2D eigenvalue weighted by Gasteiger charge is -2.10. The molecule has 1 aromatic carbocycles. The lowest BCUT2D eigenvalue weighted by molar-refractivity contribution is -0.119. The molecule has 0 radical (unpaired) electrons. The van der Waals surface area contributed by atoms with Crippen LogP contribution in [0.1, 0.15) is 13.3 Å². The number of para-hydroxylation sites is 2. The topological polar surface area (TPSA) is 88.7 Å². The first-order chi connectivity index (χ1) is 9.17. The second-order valence-corrected chi connectivity index (χ2v) is 3.88. The van der Waals surface area contributed by atoms with E-state index in [0.29, 0.717) is 18.0 Å². The molecule has 4 N–H and O–H groups in total. The minimum atomic E-state index is -0.147. The van der Waals surface area contributed by atoms with Gasteiger partial charge in [0.25, 0.3) is 0 Å². The van der Waals surface area contributed by atoms with Crippen molar-refractivity contribution in [1.29, 1.82) is 0 Å². The number of nitrogens with one attached hydrogen (secondary N) is 2. The second kappa shape index (κ2) is 10.3.